The van der Waals surface area contributed by atoms with Gasteiger partial charge in [-0.2, -0.15) is 0 Å². The van der Waals surface area contributed by atoms with Crippen molar-refractivity contribution in [1.82, 2.24) is 5.32 Å². The van der Waals surface area contributed by atoms with E-state index in [2.05, 4.69) is 56.5 Å². The second-order valence-corrected chi connectivity index (χ2v) is 6.40. The van der Waals surface area contributed by atoms with Crippen LogP contribution in [0.15, 0.2) is 18.2 Å². The summed E-state index contributed by atoms with van der Waals surface area (Å²) in [5.41, 5.74) is 3.88. The van der Waals surface area contributed by atoms with Crippen LogP contribution in [-0.4, -0.2) is 11.2 Å². The van der Waals surface area contributed by atoms with Crippen molar-refractivity contribution in [3.05, 3.63) is 29.3 Å². The minimum atomic E-state index is 0.491. The molecule has 2 rings (SSSR count). The van der Waals surface area contributed by atoms with Gasteiger partial charge in [0.05, 0.1) is 0 Å². The maximum absolute atomic E-state index is 5.42. The molecule has 19 heavy (non-hydrogen) atoms. The van der Waals surface area contributed by atoms with Gasteiger partial charge in [0.1, 0.15) is 0 Å². The zero-order valence-electron chi connectivity index (χ0n) is 12.3. The largest absolute Gasteiger partial charge is 0.360 e. The van der Waals surface area contributed by atoms with E-state index in [1.807, 2.05) is 0 Å². The predicted octanol–water partition coefficient (Wildman–Crippen LogP) is 4.38. The Labute approximate surface area is 122 Å². The van der Waals surface area contributed by atoms with E-state index >= 15 is 0 Å². The maximum atomic E-state index is 5.42. The van der Waals surface area contributed by atoms with Crippen LogP contribution < -0.4 is 10.6 Å². The number of hydrogen-bond acceptors (Lipinski definition) is 1. The first-order valence-corrected chi connectivity index (χ1v) is 7.60. The lowest BCUT2D eigenvalue weighted by Crippen LogP contribution is -2.31. The molecule has 0 unspecified atom stereocenters. The average molecular weight is 276 g/mol. The Morgan fingerprint density at radius 3 is 2.05 bits per heavy atom. The van der Waals surface area contributed by atoms with Crippen LogP contribution in [-0.2, 0) is 0 Å². The topological polar surface area (TPSA) is 24.1 Å². The lowest BCUT2D eigenvalue weighted by Gasteiger charge is -2.21. The lowest BCUT2D eigenvalue weighted by molar-refractivity contribution is 0.837. The first-order chi connectivity index (χ1) is 8.99. The highest BCUT2D eigenvalue weighted by Gasteiger charge is 2.22. The number of para-hydroxylation sites is 1. The number of rotatable bonds is 4. The van der Waals surface area contributed by atoms with Crippen LogP contribution in [0, 0.1) is 0 Å². The van der Waals surface area contributed by atoms with Gasteiger partial charge >= 0.3 is 0 Å². The van der Waals surface area contributed by atoms with Crippen molar-refractivity contribution < 1.29 is 0 Å². The van der Waals surface area contributed by atoms with Crippen LogP contribution in [0.1, 0.15) is 63.5 Å². The van der Waals surface area contributed by atoms with Gasteiger partial charge in [-0.15, -0.1) is 0 Å². The van der Waals surface area contributed by atoms with E-state index in [9.17, 15) is 0 Å². The number of hydrogen-bond donors (Lipinski definition) is 2. The molecule has 0 heterocycles. The summed E-state index contributed by atoms with van der Waals surface area (Å²) in [5, 5.41) is 7.55. The fourth-order valence-electron chi connectivity index (χ4n) is 2.26. The Morgan fingerprint density at radius 2 is 1.63 bits per heavy atom. The third-order valence-corrected chi connectivity index (χ3v) is 3.74. The molecule has 2 nitrogen and oxygen atoms in total. The lowest BCUT2D eigenvalue weighted by atomic mass is 9.93. The Morgan fingerprint density at radius 1 is 1.11 bits per heavy atom. The Balaban J connectivity index is 2.25. The molecular formula is C16H24N2S. The number of nitrogens with one attached hydrogen (secondary N) is 2. The predicted molar refractivity (Wildman–Crippen MR) is 87.0 cm³/mol. The van der Waals surface area contributed by atoms with Crippen LogP contribution in [0.2, 0.25) is 0 Å². The Kier molecular flexibility index (Phi) is 4.46. The molecule has 0 atom stereocenters. The summed E-state index contributed by atoms with van der Waals surface area (Å²) in [4.78, 5) is 0. The molecule has 0 aromatic heterocycles. The van der Waals surface area contributed by atoms with E-state index in [0.717, 1.165) is 5.11 Å². The average Bonchev–Trinajstić information content (AvgIpc) is 3.12. The highest BCUT2D eigenvalue weighted by atomic mass is 32.1. The van der Waals surface area contributed by atoms with E-state index in [1.165, 1.54) is 29.7 Å². The summed E-state index contributed by atoms with van der Waals surface area (Å²) >= 11 is 5.42. The normalized spacial score (nSPS) is 14.8. The van der Waals surface area contributed by atoms with Gasteiger partial charge in [-0.3, -0.25) is 0 Å². The third-order valence-electron chi connectivity index (χ3n) is 3.52. The zero-order chi connectivity index (χ0) is 14.0. The molecule has 1 aromatic rings. The Bertz CT molecular complexity index is 436. The monoisotopic (exact) mass is 276 g/mol. The minimum absolute atomic E-state index is 0.491. The summed E-state index contributed by atoms with van der Waals surface area (Å²) in [6.07, 6.45) is 2.48. The first kappa shape index (κ1) is 14.3. The second kappa shape index (κ2) is 5.91. The number of thiocarbonyl (C=S) groups is 1. The highest BCUT2D eigenvalue weighted by Crippen LogP contribution is 2.32. The third kappa shape index (κ3) is 3.69. The van der Waals surface area contributed by atoms with Crippen LogP contribution >= 0.6 is 12.2 Å². The van der Waals surface area contributed by atoms with Crippen molar-refractivity contribution in [2.45, 2.75) is 58.4 Å². The van der Waals surface area contributed by atoms with Crippen molar-refractivity contribution in [3.63, 3.8) is 0 Å². The fraction of sp³-hybridized carbons (Fsp3) is 0.562. The van der Waals surface area contributed by atoms with E-state index in [1.54, 1.807) is 0 Å². The van der Waals surface area contributed by atoms with Gasteiger partial charge in [0.25, 0.3) is 0 Å². The molecule has 3 heteroatoms. The summed E-state index contributed by atoms with van der Waals surface area (Å²) in [6, 6.07) is 7.12. The maximum Gasteiger partial charge on any atom is 0.171 e. The van der Waals surface area contributed by atoms with Crippen molar-refractivity contribution in [1.29, 1.82) is 0 Å². The minimum Gasteiger partial charge on any atom is -0.360 e. The van der Waals surface area contributed by atoms with Crippen molar-refractivity contribution in [3.8, 4) is 0 Å². The van der Waals surface area contributed by atoms with Crippen molar-refractivity contribution in [2.24, 2.45) is 0 Å². The summed E-state index contributed by atoms with van der Waals surface area (Å²) in [7, 11) is 0. The van der Waals surface area contributed by atoms with Gasteiger partial charge < -0.3 is 10.6 Å². The molecule has 0 aliphatic heterocycles. The molecule has 0 radical (unpaired) electrons. The van der Waals surface area contributed by atoms with Gasteiger partial charge in [-0.1, -0.05) is 45.9 Å². The van der Waals surface area contributed by atoms with Crippen LogP contribution in [0.25, 0.3) is 0 Å². The molecule has 1 aliphatic carbocycles. The van der Waals surface area contributed by atoms with E-state index in [0.29, 0.717) is 17.9 Å². The SMILES string of the molecule is CC(C)c1cccc(C(C)C)c1NC(=S)NC1CC1. The molecule has 0 bridgehead atoms. The second-order valence-electron chi connectivity index (χ2n) is 5.99. The molecule has 0 spiro atoms. The van der Waals surface area contributed by atoms with Crippen LogP contribution in [0.5, 0.6) is 0 Å². The van der Waals surface area contributed by atoms with Crippen LogP contribution in [0.3, 0.4) is 0 Å². The van der Waals surface area contributed by atoms with Crippen molar-refractivity contribution in [2.75, 3.05) is 5.32 Å². The standard InChI is InChI=1S/C16H24N2S/c1-10(2)13-6-5-7-14(11(3)4)15(13)18-16(19)17-12-8-9-12/h5-7,10-12H,8-9H2,1-4H3,(H2,17,18,19). The molecule has 1 saturated carbocycles. The molecular weight excluding hydrogens is 252 g/mol. The van der Waals surface area contributed by atoms with Crippen LogP contribution in [0.4, 0.5) is 5.69 Å². The smallest absolute Gasteiger partial charge is 0.171 e. The van der Waals surface area contributed by atoms with Crippen molar-refractivity contribution >= 4 is 23.0 Å². The quantitative estimate of drug-likeness (QED) is 0.798. The highest BCUT2D eigenvalue weighted by molar-refractivity contribution is 7.80. The molecule has 1 fully saturated rings. The van der Waals surface area contributed by atoms with Gasteiger partial charge in [-0.25, -0.2) is 0 Å². The van der Waals surface area contributed by atoms with E-state index < -0.39 is 0 Å². The summed E-state index contributed by atoms with van der Waals surface area (Å²) < 4.78 is 0. The molecule has 0 saturated heterocycles. The van der Waals surface area contributed by atoms with Gasteiger partial charge in [0.2, 0.25) is 0 Å². The number of benzene rings is 1. The molecule has 2 N–H and O–H groups in total. The number of anilines is 1. The van der Waals surface area contributed by atoms with E-state index in [-0.39, 0.29) is 0 Å². The fourth-order valence-corrected chi connectivity index (χ4v) is 2.53. The van der Waals surface area contributed by atoms with Gasteiger partial charge in [-0.05, 0) is 48.0 Å². The zero-order valence-corrected chi connectivity index (χ0v) is 13.1. The first-order valence-electron chi connectivity index (χ1n) is 7.19. The van der Waals surface area contributed by atoms with Gasteiger partial charge in [0, 0.05) is 11.7 Å². The molecule has 0 amide bonds. The summed E-state index contributed by atoms with van der Waals surface area (Å²) in [5.74, 6) is 0.981. The molecule has 104 valence electrons. The Hall–Kier alpha value is -1.09. The van der Waals surface area contributed by atoms with Gasteiger partial charge in [0.15, 0.2) is 5.11 Å². The van der Waals surface area contributed by atoms with E-state index in [4.69, 9.17) is 12.2 Å². The molecule has 1 aliphatic rings. The molecule has 1 aromatic carbocycles. The summed E-state index contributed by atoms with van der Waals surface area (Å²) in [6.45, 7) is 8.90.